The second kappa shape index (κ2) is 8.22. The fraction of sp³-hybridized carbons (Fsp3) is 0.158. The standard InChI is InChI=1S/C19H18FN3O4S/c20-15-6-4-5-14(11-15)13-22-18(24)12-17-19(25)21-9-10-23(17)28(26,27)16-7-2-1-3-8-16/h1-11,17H,12-13H2,(H,21,25)(H,22,24)/t17-/m1/s1. The van der Waals surface area contributed by atoms with Crippen molar-refractivity contribution in [3.63, 3.8) is 0 Å². The molecule has 2 N–H and O–H groups in total. The first-order chi connectivity index (χ1) is 13.4. The van der Waals surface area contributed by atoms with Crippen LogP contribution in [0.3, 0.4) is 0 Å². The van der Waals surface area contributed by atoms with Crippen LogP contribution in [0, 0.1) is 5.82 Å². The molecule has 146 valence electrons. The SMILES string of the molecule is O=C(C[C@@H]1C(=O)NC=CN1S(=O)(=O)c1ccccc1)NCc1cccc(F)c1. The highest BCUT2D eigenvalue weighted by atomic mass is 32.2. The molecule has 7 nitrogen and oxygen atoms in total. The first-order valence-corrected chi connectivity index (χ1v) is 9.89. The van der Waals surface area contributed by atoms with Crippen molar-refractivity contribution in [2.75, 3.05) is 0 Å². The van der Waals surface area contributed by atoms with Crippen LogP contribution in [0.4, 0.5) is 4.39 Å². The summed E-state index contributed by atoms with van der Waals surface area (Å²) < 4.78 is 39.8. The van der Waals surface area contributed by atoms with Gasteiger partial charge >= 0.3 is 0 Å². The van der Waals surface area contributed by atoms with Gasteiger partial charge in [-0.05, 0) is 29.8 Å². The molecule has 0 aromatic heterocycles. The van der Waals surface area contributed by atoms with Crippen molar-refractivity contribution in [1.29, 1.82) is 0 Å². The van der Waals surface area contributed by atoms with Crippen molar-refractivity contribution in [1.82, 2.24) is 14.9 Å². The van der Waals surface area contributed by atoms with Gasteiger partial charge in [-0.2, -0.15) is 0 Å². The predicted octanol–water partition coefficient (Wildman–Crippen LogP) is 1.49. The number of hydrogen-bond acceptors (Lipinski definition) is 4. The maximum Gasteiger partial charge on any atom is 0.264 e. The van der Waals surface area contributed by atoms with E-state index in [2.05, 4.69) is 10.6 Å². The van der Waals surface area contributed by atoms with Gasteiger partial charge in [0.1, 0.15) is 11.9 Å². The Morgan fingerprint density at radius 3 is 2.61 bits per heavy atom. The summed E-state index contributed by atoms with van der Waals surface area (Å²) in [5.41, 5.74) is 0.551. The van der Waals surface area contributed by atoms with E-state index in [9.17, 15) is 22.4 Å². The molecule has 0 bridgehead atoms. The van der Waals surface area contributed by atoms with E-state index >= 15 is 0 Å². The number of carbonyl (C=O) groups is 2. The molecule has 28 heavy (non-hydrogen) atoms. The summed E-state index contributed by atoms with van der Waals surface area (Å²) in [5, 5.41) is 4.99. The van der Waals surface area contributed by atoms with Gasteiger partial charge < -0.3 is 10.6 Å². The number of hydrogen-bond donors (Lipinski definition) is 2. The summed E-state index contributed by atoms with van der Waals surface area (Å²) in [7, 11) is -4.01. The highest BCUT2D eigenvalue weighted by Crippen LogP contribution is 2.22. The number of nitrogens with one attached hydrogen (secondary N) is 2. The summed E-state index contributed by atoms with van der Waals surface area (Å²) in [6.07, 6.45) is 2.05. The van der Waals surface area contributed by atoms with Gasteiger partial charge in [-0.3, -0.25) is 13.9 Å². The Hall–Kier alpha value is -3.20. The largest absolute Gasteiger partial charge is 0.352 e. The molecule has 0 fully saturated rings. The summed E-state index contributed by atoms with van der Waals surface area (Å²) in [5.74, 6) is -1.57. The van der Waals surface area contributed by atoms with Crippen LogP contribution in [-0.4, -0.2) is 30.6 Å². The van der Waals surface area contributed by atoms with E-state index in [-0.39, 0.29) is 17.9 Å². The fourth-order valence-corrected chi connectivity index (χ4v) is 4.22. The van der Waals surface area contributed by atoms with Crippen molar-refractivity contribution in [2.45, 2.75) is 23.9 Å². The maximum absolute atomic E-state index is 13.2. The Bertz CT molecular complexity index is 1010. The number of benzene rings is 2. The van der Waals surface area contributed by atoms with Crippen LogP contribution < -0.4 is 10.6 Å². The number of sulfonamides is 1. The van der Waals surface area contributed by atoms with Crippen molar-refractivity contribution >= 4 is 21.8 Å². The normalized spacial score (nSPS) is 16.5. The molecular formula is C19H18FN3O4S. The highest BCUT2D eigenvalue weighted by Gasteiger charge is 2.36. The number of rotatable bonds is 6. The van der Waals surface area contributed by atoms with E-state index in [0.717, 1.165) is 4.31 Å². The molecule has 3 rings (SSSR count). The molecule has 9 heteroatoms. The van der Waals surface area contributed by atoms with Gasteiger partial charge in [-0.15, -0.1) is 0 Å². The van der Waals surface area contributed by atoms with Gasteiger partial charge in [-0.1, -0.05) is 30.3 Å². The van der Waals surface area contributed by atoms with Crippen LogP contribution in [0.25, 0.3) is 0 Å². The van der Waals surface area contributed by atoms with Crippen LogP contribution in [0.15, 0.2) is 71.9 Å². The molecule has 0 saturated heterocycles. The zero-order valence-corrected chi connectivity index (χ0v) is 15.5. The lowest BCUT2D eigenvalue weighted by molar-refractivity contribution is -0.129. The van der Waals surface area contributed by atoms with Crippen LogP contribution in [0.2, 0.25) is 0 Å². The lowest BCUT2D eigenvalue weighted by Crippen LogP contribution is -2.51. The molecule has 2 aromatic rings. The summed E-state index contributed by atoms with van der Waals surface area (Å²) in [6.45, 7) is 0.0617. The zero-order valence-electron chi connectivity index (χ0n) is 14.7. The molecule has 1 heterocycles. The minimum absolute atomic E-state index is 0.0134. The quantitative estimate of drug-likeness (QED) is 0.764. The van der Waals surface area contributed by atoms with Gasteiger partial charge in [0.25, 0.3) is 10.0 Å². The van der Waals surface area contributed by atoms with Gasteiger partial charge in [0, 0.05) is 18.9 Å². The molecule has 2 amide bonds. The smallest absolute Gasteiger partial charge is 0.264 e. The number of carbonyl (C=O) groups excluding carboxylic acids is 2. The van der Waals surface area contributed by atoms with E-state index in [1.165, 1.54) is 42.7 Å². The van der Waals surface area contributed by atoms with E-state index in [1.54, 1.807) is 24.3 Å². The predicted molar refractivity (Wildman–Crippen MR) is 99.4 cm³/mol. The van der Waals surface area contributed by atoms with Crippen molar-refractivity contribution in [3.05, 3.63) is 78.4 Å². The minimum atomic E-state index is -4.01. The third kappa shape index (κ3) is 4.37. The first-order valence-electron chi connectivity index (χ1n) is 8.45. The Morgan fingerprint density at radius 1 is 1.14 bits per heavy atom. The average molecular weight is 403 g/mol. The van der Waals surface area contributed by atoms with Crippen molar-refractivity contribution < 1.29 is 22.4 Å². The summed E-state index contributed by atoms with van der Waals surface area (Å²) in [4.78, 5) is 24.5. The monoisotopic (exact) mass is 403 g/mol. The Balaban J connectivity index is 1.74. The van der Waals surface area contributed by atoms with Gasteiger partial charge in [0.2, 0.25) is 11.8 Å². The molecule has 1 aliphatic heterocycles. The topological polar surface area (TPSA) is 95.6 Å². The fourth-order valence-electron chi connectivity index (χ4n) is 2.75. The number of amides is 2. The molecule has 0 unspecified atom stereocenters. The molecule has 0 aliphatic carbocycles. The van der Waals surface area contributed by atoms with Crippen LogP contribution >= 0.6 is 0 Å². The Labute approximate surface area is 161 Å². The van der Waals surface area contributed by atoms with Crippen molar-refractivity contribution in [3.8, 4) is 0 Å². The maximum atomic E-state index is 13.2. The van der Waals surface area contributed by atoms with Crippen LogP contribution in [0.1, 0.15) is 12.0 Å². The van der Waals surface area contributed by atoms with E-state index < -0.39 is 33.7 Å². The Kier molecular flexibility index (Phi) is 5.74. The van der Waals surface area contributed by atoms with Crippen LogP contribution in [0.5, 0.6) is 0 Å². The second-order valence-electron chi connectivity index (χ2n) is 6.10. The average Bonchev–Trinajstić information content (AvgIpc) is 2.68. The third-order valence-corrected chi connectivity index (χ3v) is 5.93. The minimum Gasteiger partial charge on any atom is -0.352 e. The summed E-state index contributed by atoms with van der Waals surface area (Å²) in [6, 6.07) is 12.1. The second-order valence-corrected chi connectivity index (χ2v) is 7.94. The molecule has 0 saturated carbocycles. The zero-order chi connectivity index (χ0) is 20.1. The number of halogens is 1. The molecule has 0 spiro atoms. The highest BCUT2D eigenvalue weighted by molar-refractivity contribution is 7.89. The Morgan fingerprint density at radius 2 is 1.89 bits per heavy atom. The molecular weight excluding hydrogens is 385 g/mol. The lowest BCUT2D eigenvalue weighted by atomic mass is 10.1. The molecule has 1 aliphatic rings. The van der Waals surface area contributed by atoms with Crippen molar-refractivity contribution in [2.24, 2.45) is 0 Å². The first kappa shape index (κ1) is 19.6. The van der Waals surface area contributed by atoms with Gasteiger partial charge in [0.05, 0.1) is 11.3 Å². The van der Waals surface area contributed by atoms with Crippen LogP contribution in [-0.2, 0) is 26.2 Å². The lowest BCUT2D eigenvalue weighted by Gasteiger charge is -2.31. The number of nitrogens with zero attached hydrogens (tertiary/aromatic N) is 1. The molecule has 0 radical (unpaired) electrons. The van der Waals surface area contributed by atoms with E-state index in [4.69, 9.17) is 0 Å². The molecule has 2 aromatic carbocycles. The van der Waals surface area contributed by atoms with E-state index in [0.29, 0.717) is 5.56 Å². The van der Waals surface area contributed by atoms with Gasteiger partial charge in [-0.25, -0.2) is 12.8 Å². The third-order valence-electron chi connectivity index (χ3n) is 4.13. The summed E-state index contributed by atoms with van der Waals surface area (Å²) >= 11 is 0. The van der Waals surface area contributed by atoms with E-state index in [1.807, 2.05) is 0 Å². The molecule has 1 atom stereocenters. The van der Waals surface area contributed by atoms with Gasteiger partial charge in [0.15, 0.2) is 0 Å².